The van der Waals surface area contributed by atoms with Crippen LogP contribution in [0.1, 0.15) is 16.9 Å². The molecule has 0 radical (unpaired) electrons. The number of nitrogens with zero attached hydrogens (tertiary/aromatic N) is 1. The van der Waals surface area contributed by atoms with E-state index in [9.17, 15) is 4.79 Å². The summed E-state index contributed by atoms with van der Waals surface area (Å²) in [5.74, 6) is 0.384. The molecule has 0 atom stereocenters. The molecule has 5 heteroatoms. The Labute approximate surface area is 127 Å². The lowest BCUT2D eigenvalue weighted by Crippen LogP contribution is -2.03. The minimum absolute atomic E-state index is 0.264. The number of hydrogen-bond acceptors (Lipinski definition) is 4. The van der Waals surface area contributed by atoms with Crippen molar-refractivity contribution in [2.75, 3.05) is 0 Å². The quantitative estimate of drug-likeness (QED) is 0.663. The molecule has 0 saturated heterocycles. The fourth-order valence-electron chi connectivity index (χ4n) is 2.68. The highest BCUT2D eigenvalue weighted by molar-refractivity contribution is 9.10. The number of hydrogen-bond donors (Lipinski definition) is 0. The smallest absolute Gasteiger partial charge is 0.348 e. The van der Waals surface area contributed by atoms with Gasteiger partial charge in [-0.3, -0.25) is 0 Å². The number of halogens is 1. The van der Waals surface area contributed by atoms with E-state index in [1.54, 1.807) is 11.3 Å². The van der Waals surface area contributed by atoms with E-state index in [-0.39, 0.29) is 5.63 Å². The lowest BCUT2D eigenvalue weighted by Gasteiger charge is -2.02. The van der Waals surface area contributed by atoms with E-state index < -0.39 is 0 Å². The molecule has 0 bridgehead atoms. The molecule has 1 aromatic carbocycles. The molecule has 4 rings (SSSR count). The van der Waals surface area contributed by atoms with Gasteiger partial charge >= 0.3 is 5.63 Å². The topological polar surface area (TPSA) is 43.1 Å². The maximum absolute atomic E-state index is 12.3. The third-order valence-corrected chi connectivity index (χ3v) is 5.48. The molecule has 100 valence electrons. The first-order chi connectivity index (χ1) is 9.74. The highest BCUT2D eigenvalue weighted by Gasteiger charge is 2.22. The summed E-state index contributed by atoms with van der Waals surface area (Å²) < 4.78 is 6.33. The summed E-state index contributed by atoms with van der Waals surface area (Å²) in [5.41, 5.74) is 1.70. The molecule has 0 aliphatic heterocycles. The van der Waals surface area contributed by atoms with Crippen molar-refractivity contribution in [3.05, 3.63) is 49.6 Å². The zero-order chi connectivity index (χ0) is 13.7. The van der Waals surface area contributed by atoms with Crippen molar-refractivity contribution in [2.24, 2.45) is 0 Å². The van der Waals surface area contributed by atoms with Crippen LogP contribution in [0.25, 0.3) is 21.7 Å². The second-order valence-electron chi connectivity index (χ2n) is 4.82. The Kier molecular flexibility index (Phi) is 2.79. The van der Waals surface area contributed by atoms with Crippen LogP contribution >= 0.6 is 27.3 Å². The number of benzene rings is 1. The van der Waals surface area contributed by atoms with Gasteiger partial charge in [-0.2, -0.15) is 0 Å². The normalized spacial score (nSPS) is 13.8. The van der Waals surface area contributed by atoms with Gasteiger partial charge in [0.15, 0.2) is 0 Å². The van der Waals surface area contributed by atoms with Gasteiger partial charge in [0.2, 0.25) is 5.89 Å². The van der Waals surface area contributed by atoms with Crippen LogP contribution in [0.4, 0.5) is 0 Å². The van der Waals surface area contributed by atoms with Crippen LogP contribution in [0.5, 0.6) is 0 Å². The Balaban J connectivity index is 2.00. The Hall–Kier alpha value is -1.46. The lowest BCUT2D eigenvalue weighted by molar-refractivity contribution is 0.518. The Morgan fingerprint density at radius 3 is 2.95 bits per heavy atom. The molecule has 3 aromatic rings. The van der Waals surface area contributed by atoms with Crippen LogP contribution < -0.4 is 5.63 Å². The van der Waals surface area contributed by atoms with E-state index in [1.807, 2.05) is 24.3 Å². The highest BCUT2D eigenvalue weighted by atomic mass is 79.9. The van der Waals surface area contributed by atoms with E-state index in [4.69, 9.17) is 4.42 Å². The molecule has 20 heavy (non-hydrogen) atoms. The Morgan fingerprint density at radius 2 is 2.10 bits per heavy atom. The molecule has 0 unspecified atom stereocenters. The van der Waals surface area contributed by atoms with Crippen molar-refractivity contribution in [2.45, 2.75) is 19.3 Å². The molecular formula is C15H10BrNO2S. The maximum atomic E-state index is 12.3. The third-order valence-electron chi connectivity index (χ3n) is 3.60. The minimum Gasteiger partial charge on any atom is -0.403 e. The second kappa shape index (κ2) is 4.53. The van der Waals surface area contributed by atoms with Crippen molar-refractivity contribution in [1.29, 1.82) is 0 Å². The van der Waals surface area contributed by atoms with Crippen LogP contribution in [0.2, 0.25) is 0 Å². The summed E-state index contributed by atoms with van der Waals surface area (Å²) in [5, 5.41) is 0.693. The number of fused-ring (bicyclic) bond motifs is 3. The van der Waals surface area contributed by atoms with Gasteiger partial charge in [-0.05, 0) is 52.9 Å². The third kappa shape index (κ3) is 1.77. The summed E-state index contributed by atoms with van der Waals surface area (Å²) in [6.45, 7) is 0. The summed E-state index contributed by atoms with van der Waals surface area (Å²) in [6.07, 6.45) is 3.15. The van der Waals surface area contributed by atoms with E-state index >= 15 is 0 Å². The fraction of sp³-hybridized carbons (Fsp3) is 0.200. The monoisotopic (exact) mass is 347 g/mol. The molecule has 0 amide bonds. The first-order valence-electron chi connectivity index (χ1n) is 6.44. The van der Waals surface area contributed by atoms with E-state index in [0.29, 0.717) is 11.3 Å². The zero-order valence-corrected chi connectivity index (χ0v) is 12.9. The highest BCUT2D eigenvalue weighted by Crippen LogP contribution is 2.36. The molecule has 0 N–H and O–H groups in total. The summed E-state index contributed by atoms with van der Waals surface area (Å²) in [4.78, 5) is 18.9. The molecule has 1 aliphatic carbocycles. The van der Waals surface area contributed by atoms with E-state index in [2.05, 4.69) is 20.9 Å². The fourth-order valence-corrected chi connectivity index (χ4v) is 4.38. The van der Waals surface area contributed by atoms with Gasteiger partial charge in [-0.1, -0.05) is 12.1 Å². The van der Waals surface area contributed by atoms with Crippen molar-refractivity contribution < 1.29 is 4.42 Å². The summed E-state index contributed by atoms with van der Waals surface area (Å²) >= 11 is 5.10. The summed E-state index contributed by atoms with van der Waals surface area (Å²) in [6, 6.07) is 7.63. The number of aryl methyl sites for hydroxylation is 2. The first kappa shape index (κ1) is 12.3. The van der Waals surface area contributed by atoms with Crippen molar-refractivity contribution in [3.8, 4) is 11.5 Å². The Bertz CT molecular complexity index is 881. The van der Waals surface area contributed by atoms with Crippen molar-refractivity contribution >= 4 is 37.5 Å². The predicted molar refractivity (Wildman–Crippen MR) is 83.3 cm³/mol. The van der Waals surface area contributed by atoms with Gasteiger partial charge < -0.3 is 4.42 Å². The molecule has 0 fully saturated rings. The van der Waals surface area contributed by atoms with Crippen molar-refractivity contribution in [1.82, 2.24) is 4.98 Å². The van der Waals surface area contributed by atoms with E-state index in [1.165, 1.54) is 4.88 Å². The SMILES string of the molecule is O=c1oc(-c2ccccc2Br)nc2sc3c(c12)CCC3. The lowest BCUT2D eigenvalue weighted by atomic mass is 10.2. The van der Waals surface area contributed by atoms with Gasteiger partial charge in [-0.25, -0.2) is 9.78 Å². The molecule has 0 saturated carbocycles. The number of aromatic nitrogens is 1. The Morgan fingerprint density at radius 1 is 1.25 bits per heavy atom. The zero-order valence-electron chi connectivity index (χ0n) is 10.5. The van der Waals surface area contributed by atoms with Gasteiger partial charge in [0.25, 0.3) is 0 Å². The van der Waals surface area contributed by atoms with Gasteiger partial charge in [-0.15, -0.1) is 11.3 Å². The molecule has 2 aromatic heterocycles. The van der Waals surface area contributed by atoms with Crippen LogP contribution in [-0.4, -0.2) is 4.98 Å². The van der Waals surface area contributed by atoms with Crippen LogP contribution in [0.3, 0.4) is 0 Å². The number of rotatable bonds is 1. The average molecular weight is 348 g/mol. The standard InChI is InChI=1S/C15H10BrNO2S/c16-10-6-2-1-4-8(10)13-17-14-12(15(18)19-13)9-5-3-7-11(9)20-14/h1-2,4,6H,3,5,7H2. The largest absolute Gasteiger partial charge is 0.403 e. The second-order valence-corrected chi connectivity index (χ2v) is 6.76. The van der Waals surface area contributed by atoms with Crippen LogP contribution in [0, 0.1) is 0 Å². The predicted octanol–water partition coefficient (Wildman–Crippen LogP) is 4.17. The van der Waals surface area contributed by atoms with Gasteiger partial charge in [0.05, 0.1) is 5.56 Å². The van der Waals surface area contributed by atoms with Gasteiger partial charge in [0.1, 0.15) is 10.2 Å². The molecular weight excluding hydrogens is 338 g/mol. The van der Waals surface area contributed by atoms with Gasteiger partial charge in [0, 0.05) is 9.35 Å². The van der Waals surface area contributed by atoms with E-state index in [0.717, 1.165) is 39.7 Å². The van der Waals surface area contributed by atoms with Crippen molar-refractivity contribution in [3.63, 3.8) is 0 Å². The van der Waals surface area contributed by atoms with Crippen LogP contribution in [-0.2, 0) is 12.8 Å². The maximum Gasteiger partial charge on any atom is 0.348 e. The molecule has 0 spiro atoms. The first-order valence-corrected chi connectivity index (χ1v) is 8.05. The summed E-state index contributed by atoms with van der Waals surface area (Å²) in [7, 11) is 0. The number of thiophene rings is 1. The minimum atomic E-state index is -0.264. The molecule has 1 aliphatic rings. The molecule has 2 heterocycles. The van der Waals surface area contributed by atoms with Crippen LogP contribution in [0.15, 0.2) is 37.9 Å². The molecule has 3 nitrogen and oxygen atoms in total. The average Bonchev–Trinajstić information content (AvgIpc) is 2.98.